The first-order chi connectivity index (χ1) is 21.5. The van der Waals surface area contributed by atoms with E-state index in [1.807, 2.05) is 48.5 Å². The second-order valence-corrected chi connectivity index (χ2v) is 10.3. The summed E-state index contributed by atoms with van der Waals surface area (Å²) in [6.45, 7) is 4.22. The standard InChI is InChI=1S/C35H30N2O8/c1-35(2,23-6-12-27(13-7-23)44-28-14-8-25(9-15-28)36-31(38)18-20-33(40)41)24-4-3-5-30(22-24)45-29-16-10-26(11-17-29)37-32(39)19-21-34(42)43/h3-22H,1-2H3,(H,36,38)(H,37,39)(H,40,41)(H,42,43)/b20-18+,21-19-. The molecule has 0 aromatic heterocycles. The third-order valence-corrected chi connectivity index (χ3v) is 6.60. The summed E-state index contributed by atoms with van der Waals surface area (Å²) in [5.74, 6) is -1.10. The Hall–Kier alpha value is -6.16. The Bertz CT molecular complexity index is 1740. The largest absolute Gasteiger partial charge is 0.478 e. The molecular formula is C35H30N2O8. The van der Waals surface area contributed by atoms with Crippen molar-refractivity contribution in [3.8, 4) is 23.0 Å². The zero-order valence-corrected chi connectivity index (χ0v) is 24.4. The Morgan fingerprint density at radius 3 is 1.42 bits per heavy atom. The van der Waals surface area contributed by atoms with E-state index in [1.54, 1.807) is 48.5 Å². The number of nitrogens with one attached hydrogen (secondary N) is 2. The van der Waals surface area contributed by atoms with Gasteiger partial charge in [-0.15, -0.1) is 0 Å². The van der Waals surface area contributed by atoms with E-state index in [1.165, 1.54) is 0 Å². The molecule has 0 aliphatic heterocycles. The molecule has 0 radical (unpaired) electrons. The Morgan fingerprint density at radius 1 is 0.556 bits per heavy atom. The van der Waals surface area contributed by atoms with Crippen molar-refractivity contribution in [2.75, 3.05) is 10.6 Å². The van der Waals surface area contributed by atoms with E-state index in [-0.39, 0.29) is 5.41 Å². The minimum atomic E-state index is -1.20. The van der Waals surface area contributed by atoms with E-state index in [0.717, 1.165) is 35.4 Å². The van der Waals surface area contributed by atoms with Gasteiger partial charge >= 0.3 is 11.9 Å². The van der Waals surface area contributed by atoms with Gasteiger partial charge < -0.3 is 30.3 Å². The number of benzene rings is 4. The zero-order chi connectivity index (χ0) is 32.4. The lowest BCUT2D eigenvalue weighted by atomic mass is 9.78. The first-order valence-electron chi connectivity index (χ1n) is 13.7. The lowest BCUT2D eigenvalue weighted by Gasteiger charge is -2.27. The minimum absolute atomic E-state index is 0.371. The van der Waals surface area contributed by atoms with Crippen LogP contribution in [0.4, 0.5) is 11.4 Å². The van der Waals surface area contributed by atoms with Crippen molar-refractivity contribution in [1.82, 2.24) is 0 Å². The fraction of sp³-hybridized carbons (Fsp3) is 0.0857. The second-order valence-electron chi connectivity index (χ2n) is 10.3. The van der Waals surface area contributed by atoms with Crippen molar-refractivity contribution >= 4 is 35.1 Å². The van der Waals surface area contributed by atoms with E-state index in [4.69, 9.17) is 19.7 Å². The molecular weight excluding hydrogens is 576 g/mol. The smallest absolute Gasteiger partial charge is 0.328 e. The average molecular weight is 607 g/mol. The van der Waals surface area contributed by atoms with Gasteiger partial charge in [-0.2, -0.15) is 0 Å². The lowest BCUT2D eigenvalue weighted by Crippen LogP contribution is -2.18. The molecule has 0 bridgehead atoms. The summed E-state index contributed by atoms with van der Waals surface area (Å²) in [4.78, 5) is 44.7. The Labute approximate surface area is 259 Å². The van der Waals surface area contributed by atoms with E-state index in [2.05, 4.69) is 24.5 Å². The van der Waals surface area contributed by atoms with E-state index >= 15 is 0 Å². The molecule has 4 rings (SSSR count). The van der Waals surface area contributed by atoms with Crippen molar-refractivity contribution in [3.63, 3.8) is 0 Å². The van der Waals surface area contributed by atoms with Crippen LogP contribution in [0.2, 0.25) is 0 Å². The number of hydrogen-bond donors (Lipinski definition) is 4. The van der Waals surface area contributed by atoms with Gasteiger partial charge in [0.25, 0.3) is 0 Å². The normalized spacial score (nSPS) is 11.2. The quantitative estimate of drug-likeness (QED) is 0.129. The summed E-state index contributed by atoms with van der Waals surface area (Å²) >= 11 is 0. The van der Waals surface area contributed by atoms with Crippen molar-refractivity contribution < 1.29 is 38.9 Å². The Balaban J connectivity index is 1.37. The molecule has 10 nitrogen and oxygen atoms in total. The van der Waals surface area contributed by atoms with Gasteiger partial charge in [-0.25, -0.2) is 9.59 Å². The van der Waals surface area contributed by atoms with Crippen LogP contribution in [0.15, 0.2) is 121 Å². The van der Waals surface area contributed by atoms with Crippen molar-refractivity contribution in [3.05, 3.63) is 132 Å². The van der Waals surface area contributed by atoms with Gasteiger partial charge in [0.2, 0.25) is 11.8 Å². The number of amides is 2. The predicted molar refractivity (Wildman–Crippen MR) is 169 cm³/mol. The summed E-state index contributed by atoms with van der Waals surface area (Å²) in [7, 11) is 0. The third-order valence-electron chi connectivity index (χ3n) is 6.60. The van der Waals surface area contributed by atoms with E-state index in [0.29, 0.717) is 34.4 Å². The fourth-order valence-corrected chi connectivity index (χ4v) is 4.20. The van der Waals surface area contributed by atoms with Gasteiger partial charge in [-0.1, -0.05) is 38.1 Å². The number of carbonyl (C=O) groups excluding carboxylic acids is 2. The van der Waals surface area contributed by atoms with E-state index in [9.17, 15) is 19.2 Å². The van der Waals surface area contributed by atoms with Gasteiger partial charge in [-0.05, 0) is 83.9 Å². The highest BCUT2D eigenvalue weighted by Gasteiger charge is 2.24. The van der Waals surface area contributed by atoms with Gasteiger partial charge in [-0.3, -0.25) is 9.59 Å². The van der Waals surface area contributed by atoms with Crippen molar-refractivity contribution in [2.45, 2.75) is 19.3 Å². The molecule has 0 aliphatic rings. The van der Waals surface area contributed by atoms with Crippen LogP contribution in [0.25, 0.3) is 0 Å². The monoisotopic (exact) mass is 606 g/mol. The number of rotatable bonds is 12. The topological polar surface area (TPSA) is 151 Å². The summed E-state index contributed by atoms with van der Waals surface area (Å²) in [5.41, 5.74) is 2.71. The van der Waals surface area contributed by atoms with Crippen LogP contribution < -0.4 is 20.1 Å². The molecule has 0 saturated carbocycles. The molecule has 4 N–H and O–H groups in total. The molecule has 0 spiro atoms. The van der Waals surface area contributed by atoms with Gasteiger partial charge in [0.05, 0.1) is 0 Å². The molecule has 2 amide bonds. The van der Waals surface area contributed by atoms with Crippen LogP contribution in [0.1, 0.15) is 25.0 Å². The highest BCUT2D eigenvalue weighted by Crippen LogP contribution is 2.35. The number of carbonyl (C=O) groups is 4. The third kappa shape index (κ3) is 9.42. The van der Waals surface area contributed by atoms with Crippen molar-refractivity contribution in [1.29, 1.82) is 0 Å². The summed E-state index contributed by atoms with van der Waals surface area (Å²) in [5, 5.41) is 22.4. The van der Waals surface area contributed by atoms with Crippen LogP contribution >= 0.6 is 0 Å². The summed E-state index contributed by atoms with van der Waals surface area (Å²) < 4.78 is 12.0. The zero-order valence-electron chi connectivity index (χ0n) is 24.4. The first kappa shape index (κ1) is 31.8. The summed E-state index contributed by atoms with van der Waals surface area (Å²) in [6, 6.07) is 28.9. The number of carboxylic acids is 2. The summed E-state index contributed by atoms with van der Waals surface area (Å²) in [6.07, 6.45) is 3.42. The maximum atomic E-state index is 11.8. The molecule has 0 fully saturated rings. The number of ether oxygens (including phenoxy) is 2. The average Bonchev–Trinajstić information content (AvgIpc) is 3.01. The van der Waals surface area contributed by atoms with Crippen molar-refractivity contribution in [2.24, 2.45) is 0 Å². The van der Waals surface area contributed by atoms with Gasteiger partial charge in [0.15, 0.2) is 0 Å². The fourth-order valence-electron chi connectivity index (χ4n) is 4.20. The van der Waals surface area contributed by atoms with E-state index < -0.39 is 23.8 Å². The minimum Gasteiger partial charge on any atom is -0.478 e. The molecule has 0 atom stereocenters. The molecule has 4 aromatic carbocycles. The van der Waals surface area contributed by atoms with Crippen LogP contribution in [0, 0.1) is 0 Å². The van der Waals surface area contributed by atoms with Crippen LogP contribution in [-0.4, -0.2) is 34.0 Å². The molecule has 4 aromatic rings. The molecule has 10 heteroatoms. The molecule has 0 saturated heterocycles. The van der Waals surface area contributed by atoms with Gasteiger partial charge in [0, 0.05) is 41.1 Å². The number of anilines is 2. The second kappa shape index (κ2) is 14.3. The molecule has 0 unspecified atom stereocenters. The maximum absolute atomic E-state index is 11.8. The number of aliphatic carboxylic acids is 2. The SMILES string of the molecule is CC(C)(c1ccc(Oc2ccc(NC(=O)/C=C/C(=O)O)cc2)cc1)c1cccc(Oc2ccc(NC(=O)/C=C\C(=O)O)cc2)c1. The maximum Gasteiger partial charge on any atom is 0.328 e. The highest BCUT2D eigenvalue weighted by molar-refractivity contribution is 6.03. The highest BCUT2D eigenvalue weighted by atomic mass is 16.5. The predicted octanol–water partition coefficient (Wildman–Crippen LogP) is 6.76. The van der Waals surface area contributed by atoms with Crippen LogP contribution in [0.5, 0.6) is 23.0 Å². The number of hydrogen-bond acceptors (Lipinski definition) is 6. The molecule has 228 valence electrons. The van der Waals surface area contributed by atoms with Crippen LogP contribution in [-0.2, 0) is 24.6 Å². The molecule has 45 heavy (non-hydrogen) atoms. The van der Waals surface area contributed by atoms with Gasteiger partial charge in [0.1, 0.15) is 23.0 Å². The Morgan fingerprint density at radius 2 is 0.978 bits per heavy atom. The number of carboxylic acid groups (broad SMARTS) is 2. The first-order valence-corrected chi connectivity index (χ1v) is 13.7. The Kier molecular flexibility index (Phi) is 10.1. The van der Waals surface area contributed by atoms with Crippen LogP contribution in [0.3, 0.4) is 0 Å². The lowest BCUT2D eigenvalue weighted by molar-refractivity contribution is -0.132. The molecule has 0 heterocycles. The molecule has 0 aliphatic carbocycles.